The van der Waals surface area contributed by atoms with Crippen molar-refractivity contribution < 1.29 is 14.2 Å². The number of aliphatic hydroxyl groups excluding tert-OH is 1. The zero-order valence-corrected chi connectivity index (χ0v) is 19.1. The molecular weight excluding hydrogens is 407 g/mol. The first-order valence-electron chi connectivity index (χ1n) is 11.4. The van der Waals surface area contributed by atoms with Gasteiger partial charge in [0, 0.05) is 39.0 Å². The molecule has 7 heteroatoms. The van der Waals surface area contributed by atoms with E-state index in [1.807, 2.05) is 18.9 Å². The second-order valence-corrected chi connectivity index (χ2v) is 8.15. The first-order valence-corrected chi connectivity index (χ1v) is 11.4. The highest BCUT2D eigenvalue weighted by Gasteiger charge is 2.18. The van der Waals surface area contributed by atoms with E-state index < -0.39 is 0 Å². The van der Waals surface area contributed by atoms with E-state index in [0.29, 0.717) is 32.2 Å². The molecule has 3 rings (SSSR count). The van der Waals surface area contributed by atoms with Gasteiger partial charge in [-0.3, -0.25) is 0 Å². The summed E-state index contributed by atoms with van der Waals surface area (Å²) in [5.41, 5.74) is 2.37. The molecule has 0 aliphatic carbocycles. The molecule has 0 saturated carbocycles. The Labute approximate surface area is 190 Å². The van der Waals surface area contributed by atoms with E-state index in [2.05, 4.69) is 34.5 Å². The number of anilines is 1. The maximum atomic E-state index is 13.7. The Morgan fingerprint density at radius 1 is 1.19 bits per heavy atom. The molecule has 0 unspecified atom stereocenters. The van der Waals surface area contributed by atoms with Crippen LogP contribution < -0.4 is 15.0 Å². The Morgan fingerprint density at radius 2 is 1.91 bits per heavy atom. The van der Waals surface area contributed by atoms with Crippen LogP contribution in [0.3, 0.4) is 0 Å². The van der Waals surface area contributed by atoms with Crippen molar-refractivity contribution in [2.24, 2.45) is 10.9 Å². The summed E-state index contributed by atoms with van der Waals surface area (Å²) >= 11 is 0. The molecule has 0 amide bonds. The van der Waals surface area contributed by atoms with Crippen LogP contribution in [0.15, 0.2) is 53.5 Å². The summed E-state index contributed by atoms with van der Waals surface area (Å²) in [6.45, 7) is 6.61. The van der Waals surface area contributed by atoms with Crippen molar-refractivity contribution in [2.45, 2.75) is 26.3 Å². The lowest BCUT2D eigenvalue weighted by Crippen LogP contribution is -2.40. The molecule has 0 atom stereocenters. The molecule has 1 heterocycles. The van der Waals surface area contributed by atoms with Gasteiger partial charge < -0.3 is 25.0 Å². The van der Waals surface area contributed by atoms with E-state index >= 15 is 0 Å². The van der Waals surface area contributed by atoms with E-state index in [1.54, 1.807) is 18.2 Å². The Hall–Kier alpha value is -2.80. The summed E-state index contributed by atoms with van der Waals surface area (Å²) in [7, 11) is 1.95. The number of rotatable bonds is 9. The average Bonchev–Trinajstić information content (AvgIpc) is 2.83. The highest BCUT2D eigenvalue weighted by Crippen LogP contribution is 2.23. The zero-order valence-electron chi connectivity index (χ0n) is 19.1. The first kappa shape index (κ1) is 23.9. The smallest absolute Gasteiger partial charge is 0.194 e. The number of para-hydroxylation sites is 1. The lowest BCUT2D eigenvalue weighted by Gasteiger charge is -2.32. The van der Waals surface area contributed by atoms with Gasteiger partial charge in [-0.15, -0.1) is 0 Å². The minimum atomic E-state index is -0.350. The van der Waals surface area contributed by atoms with E-state index in [4.69, 9.17) is 9.73 Å². The third-order valence-electron chi connectivity index (χ3n) is 5.80. The molecule has 2 N–H and O–H groups in total. The highest BCUT2D eigenvalue weighted by molar-refractivity contribution is 5.79. The molecule has 174 valence electrons. The quantitative estimate of drug-likeness (QED) is 0.460. The van der Waals surface area contributed by atoms with Gasteiger partial charge >= 0.3 is 0 Å². The molecule has 1 aliphatic rings. The van der Waals surface area contributed by atoms with Gasteiger partial charge in [-0.2, -0.15) is 0 Å². The Kier molecular flexibility index (Phi) is 9.16. The Morgan fingerprint density at radius 3 is 2.56 bits per heavy atom. The SMILES string of the molecule is CCNC(=NCc1ccc(N2CCC(CO)CC2)cc1)N(C)CCOc1ccccc1F. The van der Waals surface area contributed by atoms with Crippen LogP contribution in [0.5, 0.6) is 5.75 Å². The molecule has 0 spiro atoms. The maximum absolute atomic E-state index is 13.7. The molecule has 6 nitrogen and oxygen atoms in total. The van der Waals surface area contributed by atoms with Crippen LogP contribution in [0.1, 0.15) is 25.3 Å². The van der Waals surface area contributed by atoms with Gasteiger partial charge in [0.1, 0.15) is 6.61 Å². The van der Waals surface area contributed by atoms with E-state index in [9.17, 15) is 9.50 Å². The minimum Gasteiger partial charge on any atom is -0.489 e. The highest BCUT2D eigenvalue weighted by atomic mass is 19.1. The third kappa shape index (κ3) is 6.85. The van der Waals surface area contributed by atoms with Crippen molar-refractivity contribution in [2.75, 3.05) is 51.3 Å². The van der Waals surface area contributed by atoms with E-state index in [0.717, 1.165) is 44.0 Å². The van der Waals surface area contributed by atoms with Crippen LogP contribution in [0, 0.1) is 11.7 Å². The number of nitrogens with one attached hydrogen (secondary N) is 1. The summed E-state index contributed by atoms with van der Waals surface area (Å²) in [4.78, 5) is 9.12. The lowest BCUT2D eigenvalue weighted by molar-refractivity contribution is 0.203. The van der Waals surface area contributed by atoms with Crippen LogP contribution in [0.4, 0.5) is 10.1 Å². The fraction of sp³-hybridized carbons (Fsp3) is 0.480. The summed E-state index contributed by atoms with van der Waals surface area (Å²) in [6, 6.07) is 15.0. The molecule has 0 bridgehead atoms. The number of halogens is 1. The number of hydrogen-bond donors (Lipinski definition) is 2. The molecule has 0 aromatic heterocycles. The monoisotopic (exact) mass is 442 g/mol. The predicted octanol–water partition coefficient (Wildman–Crippen LogP) is 3.51. The zero-order chi connectivity index (χ0) is 22.8. The number of piperidine rings is 1. The Balaban J connectivity index is 1.52. The van der Waals surface area contributed by atoms with Gasteiger partial charge in [-0.1, -0.05) is 24.3 Å². The number of likely N-dealkylation sites (N-methyl/N-ethyl adjacent to an activating group) is 1. The van der Waals surface area contributed by atoms with Crippen LogP contribution in [0.2, 0.25) is 0 Å². The van der Waals surface area contributed by atoms with Gasteiger partial charge in [0.2, 0.25) is 0 Å². The van der Waals surface area contributed by atoms with Gasteiger partial charge in [0.25, 0.3) is 0 Å². The minimum absolute atomic E-state index is 0.267. The standard InChI is InChI=1S/C25H35FN4O2/c1-3-27-25(29(2)16-17-32-24-7-5-4-6-23(24)26)28-18-20-8-10-22(11-9-20)30-14-12-21(19-31)13-15-30/h4-11,21,31H,3,12-19H2,1-2H3,(H,27,28). The second kappa shape index (κ2) is 12.3. The number of benzene rings is 2. The van der Waals surface area contributed by atoms with Crippen molar-refractivity contribution in [3.63, 3.8) is 0 Å². The number of guanidine groups is 1. The van der Waals surface area contributed by atoms with Crippen molar-refractivity contribution in [1.29, 1.82) is 0 Å². The second-order valence-electron chi connectivity index (χ2n) is 8.15. The molecule has 1 aliphatic heterocycles. The summed E-state index contributed by atoms with van der Waals surface area (Å²) in [6.07, 6.45) is 2.09. The summed E-state index contributed by atoms with van der Waals surface area (Å²) in [5, 5.41) is 12.6. The van der Waals surface area contributed by atoms with Gasteiger partial charge in [-0.05, 0) is 55.5 Å². The van der Waals surface area contributed by atoms with E-state index in [-0.39, 0.29) is 11.6 Å². The number of hydrogen-bond acceptors (Lipinski definition) is 4. The number of ether oxygens (including phenoxy) is 1. The maximum Gasteiger partial charge on any atom is 0.194 e. The van der Waals surface area contributed by atoms with Crippen molar-refractivity contribution in [1.82, 2.24) is 10.2 Å². The van der Waals surface area contributed by atoms with Crippen LogP contribution in [0.25, 0.3) is 0 Å². The normalized spacial score (nSPS) is 15.0. The largest absolute Gasteiger partial charge is 0.489 e. The van der Waals surface area contributed by atoms with Crippen LogP contribution >= 0.6 is 0 Å². The fourth-order valence-electron chi connectivity index (χ4n) is 3.78. The van der Waals surface area contributed by atoms with Gasteiger partial charge in [0.05, 0.1) is 13.1 Å². The molecule has 1 saturated heterocycles. The summed E-state index contributed by atoms with van der Waals surface area (Å²) in [5.74, 6) is 1.15. The first-order chi connectivity index (χ1) is 15.6. The lowest BCUT2D eigenvalue weighted by atomic mass is 9.97. The molecular formula is C25H35FN4O2. The molecule has 2 aromatic carbocycles. The molecule has 2 aromatic rings. The van der Waals surface area contributed by atoms with Gasteiger partial charge in [-0.25, -0.2) is 9.38 Å². The number of nitrogens with zero attached hydrogens (tertiary/aromatic N) is 3. The molecule has 1 fully saturated rings. The topological polar surface area (TPSA) is 60.3 Å². The van der Waals surface area contributed by atoms with Crippen molar-refractivity contribution in [3.05, 3.63) is 59.9 Å². The third-order valence-corrected chi connectivity index (χ3v) is 5.80. The van der Waals surface area contributed by atoms with Crippen molar-refractivity contribution in [3.8, 4) is 5.75 Å². The molecule has 32 heavy (non-hydrogen) atoms. The van der Waals surface area contributed by atoms with E-state index in [1.165, 1.54) is 11.8 Å². The average molecular weight is 443 g/mol. The molecule has 0 radical (unpaired) electrons. The Bertz CT molecular complexity index is 851. The predicted molar refractivity (Wildman–Crippen MR) is 128 cm³/mol. The number of aliphatic imine (C=N–C) groups is 1. The van der Waals surface area contributed by atoms with Crippen molar-refractivity contribution >= 4 is 11.6 Å². The number of aliphatic hydroxyl groups is 1. The fourth-order valence-corrected chi connectivity index (χ4v) is 3.78. The summed E-state index contributed by atoms with van der Waals surface area (Å²) < 4.78 is 19.3. The van der Waals surface area contributed by atoms with Crippen LogP contribution in [-0.2, 0) is 6.54 Å². The van der Waals surface area contributed by atoms with Gasteiger partial charge in [0.15, 0.2) is 17.5 Å². The van der Waals surface area contributed by atoms with Crippen LogP contribution in [-0.4, -0.2) is 62.4 Å².